The number of hydrogen-bond donors (Lipinski definition) is 1. The van der Waals surface area contributed by atoms with Crippen molar-refractivity contribution < 1.29 is 8.98 Å². The highest BCUT2D eigenvalue weighted by Gasteiger charge is 2.20. The molecular weight excluding hydrogens is 248 g/mol. The molecule has 1 atom stereocenters. The molecule has 0 saturated heterocycles. The summed E-state index contributed by atoms with van der Waals surface area (Å²) in [5, 5.41) is -0.548. The second kappa shape index (κ2) is 6.07. The molecule has 0 aliphatic heterocycles. The summed E-state index contributed by atoms with van der Waals surface area (Å²) in [4.78, 5) is 15.4. The maximum Gasteiger partial charge on any atom is 0.238 e. The third-order valence-electron chi connectivity index (χ3n) is 2.23. The number of rotatable bonds is 5. The van der Waals surface area contributed by atoms with E-state index < -0.39 is 11.2 Å². The Kier molecular flexibility index (Phi) is 4.20. The first kappa shape index (κ1) is 12.4. The van der Waals surface area contributed by atoms with Gasteiger partial charge in [-0.05, 0) is 11.6 Å². The van der Waals surface area contributed by atoms with E-state index in [0.29, 0.717) is 5.88 Å². The second-order valence-corrected chi connectivity index (χ2v) is 4.37. The van der Waals surface area contributed by atoms with Gasteiger partial charge in [-0.15, -0.1) is 0 Å². The molecule has 1 aromatic heterocycles. The number of benzene rings is 1. The average molecular weight is 260 g/mol. The zero-order valence-electron chi connectivity index (χ0n) is 9.52. The number of nitrogens with zero attached hydrogens (tertiary/aromatic N) is 1. The van der Waals surface area contributed by atoms with Crippen LogP contribution in [0.25, 0.3) is 0 Å². The van der Waals surface area contributed by atoms with Crippen LogP contribution in [0.1, 0.15) is 10.8 Å². The van der Waals surface area contributed by atoms with Gasteiger partial charge in [0.25, 0.3) is 0 Å². The van der Waals surface area contributed by atoms with Crippen LogP contribution in [0.2, 0.25) is 0 Å². The maximum atomic E-state index is 11.4. The van der Waals surface area contributed by atoms with Crippen molar-refractivity contribution in [3.63, 3.8) is 0 Å². The molecule has 5 heteroatoms. The fourth-order valence-corrected chi connectivity index (χ4v) is 2.05. The molecule has 1 unspecified atom stereocenters. The molecule has 4 nitrogen and oxygen atoms in total. The van der Waals surface area contributed by atoms with Crippen molar-refractivity contribution in [1.82, 2.24) is 4.98 Å². The number of carbonyl (C=O) groups excluding carboxylic acids is 1. The first-order valence-electron chi connectivity index (χ1n) is 5.36. The van der Waals surface area contributed by atoms with Gasteiger partial charge in [0, 0.05) is 12.3 Å². The Hall–Kier alpha value is -2.01. The fraction of sp³-hybridized carbons (Fsp3) is 0.0769. The van der Waals surface area contributed by atoms with Gasteiger partial charge in [0.2, 0.25) is 11.8 Å². The van der Waals surface area contributed by atoms with Crippen molar-refractivity contribution in [2.45, 2.75) is 5.25 Å². The number of primary amides is 1. The summed E-state index contributed by atoms with van der Waals surface area (Å²) in [6, 6.07) is 14.6. The third kappa shape index (κ3) is 3.24. The van der Waals surface area contributed by atoms with Gasteiger partial charge in [-0.25, -0.2) is 4.98 Å². The Morgan fingerprint density at radius 2 is 1.89 bits per heavy atom. The van der Waals surface area contributed by atoms with E-state index in [1.807, 2.05) is 36.4 Å². The minimum absolute atomic E-state index is 0.442. The zero-order chi connectivity index (χ0) is 12.8. The molecule has 1 amide bonds. The highest BCUT2D eigenvalue weighted by molar-refractivity contribution is 7.96. The van der Waals surface area contributed by atoms with E-state index in [0.717, 1.165) is 17.6 Å². The lowest BCUT2D eigenvalue weighted by Gasteiger charge is -2.12. The van der Waals surface area contributed by atoms with Gasteiger partial charge < -0.3 is 9.92 Å². The lowest BCUT2D eigenvalue weighted by molar-refractivity contribution is -0.117. The van der Waals surface area contributed by atoms with Crippen LogP contribution in [0, 0.1) is 0 Å². The molecule has 0 aliphatic carbocycles. The van der Waals surface area contributed by atoms with Gasteiger partial charge in [0.05, 0.1) is 12.0 Å². The summed E-state index contributed by atoms with van der Waals surface area (Å²) >= 11 is 0.999. The van der Waals surface area contributed by atoms with Crippen molar-refractivity contribution in [3.8, 4) is 5.88 Å². The largest absolute Gasteiger partial charge is 0.405 e. The van der Waals surface area contributed by atoms with Crippen LogP contribution in [-0.2, 0) is 4.79 Å². The average Bonchev–Trinajstić information content (AvgIpc) is 2.41. The predicted octanol–water partition coefficient (Wildman–Crippen LogP) is 2.34. The molecule has 2 aromatic rings. The molecule has 0 spiro atoms. The number of aromatic nitrogens is 1. The first-order valence-corrected chi connectivity index (χ1v) is 6.16. The van der Waals surface area contributed by atoms with E-state index in [4.69, 9.17) is 9.92 Å². The zero-order valence-corrected chi connectivity index (χ0v) is 10.3. The van der Waals surface area contributed by atoms with E-state index >= 15 is 0 Å². The molecule has 1 aromatic carbocycles. The molecule has 18 heavy (non-hydrogen) atoms. The van der Waals surface area contributed by atoms with E-state index in [1.54, 1.807) is 18.3 Å². The second-order valence-electron chi connectivity index (χ2n) is 3.54. The van der Waals surface area contributed by atoms with Crippen LogP contribution < -0.4 is 9.92 Å². The van der Waals surface area contributed by atoms with Gasteiger partial charge in [-0.3, -0.25) is 4.79 Å². The molecule has 1 heterocycles. The molecular formula is C13H12N2O2S. The summed E-state index contributed by atoms with van der Waals surface area (Å²) in [7, 11) is 0. The Bertz CT molecular complexity index is 505. The summed E-state index contributed by atoms with van der Waals surface area (Å²) in [5.41, 5.74) is 6.18. The van der Waals surface area contributed by atoms with Gasteiger partial charge in [0.1, 0.15) is 5.25 Å². The van der Waals surface area contributed by atoms with Crippen molar-refractivity contribution in [2.75, 3.05) is 0 Å². The standard InChI is InChI=1S/C13H12N2O2S/c14-13(16)12(10-6-2-1-3-7-10)18-17-11-8-4-5-9-15-11/h1-9,12H,(H2,14,16). The van der Waals surface area contributed by atoms with Crippen LogP contribution in [-0.4, -0.2) is 10.9 Å². The SMILES string of the molecule is NC(=O)C(SOc1ccccn1)c1ccccc1. The van der Waals surface area contributed by atoms with Gasteiger partial charge >= 0.3 is 0 Å². The molecule has 0 aliphatic rings. The lowest BCUT2D eigenvalue weighted by atomic mass is 10.1. The van der Waals surface area contributed by atoms with Gasteiger partial charge in [0.15, 0.2) is 0 Å². The number of hydrogen-bond acceptors (Lipinski definition) is 4. The lowest BCUT2D eigenvalue weighted by Crippen LogP contribution is -2.19. The smallest absolute Gasteiger partial charge is 0.238 e. The van der Waals surface area contributed by atoms with Crippen LogP contribution >= 0.6 is 12.0 Å². The van der Waals surface area contributed by atoms with Gasteiger partial charge in [-0.2, -0.15) is 0 Å². The topological polar surface area (TPSA) is 65.2 Å². The van der Waals surface area contributed by atoms with E-state index in [1.165, 1.54) is 0 Å². The molecule has 92 valence electrons. The summed E-state index contributed by atoms with van der Waals surface area (Å²) in [6.07, 6.45) is 1.62. The van der Waals surface area contributed by atoms with E-state index in [-0.39, 0.29) is 0 Å². The summed E-state index contributed by atoms with van der Waals surface area (Å²) < 4.78 is 5.39. The number of nitrogens with two attached hydrogens (primary N) is 1. The molecule has 2 N–H and O–H groups in total. The van der Waals surface area contributed by atoms with Crippen molar-refractivity contribution in [3.05, 3.63) is 60.3 Å². The number of carbonyl (C=O) groups is 1. The predicted molar refractivity (Wildman–Crippen MR) is 70.8 cm³/mol. The molecule has 0 bridgehead atoms. The summed E-state index contributed by atoms with van der Waals surface area (Å²) in [6.45, 7) is 0. The van der Waals surface area contributed by atoms with Crippen molar-refractivity contribution in [2.24, 2.45) is 5.73 Å². The molecule has 0 radical (unpaired) electrons. The van der Waals surface area contributed by atoms with E-state index in [9.17, 15) is 4.79 Å². The quantitative estimate of drug-likeness (QED) is 0.838. The minimum atomic E-state index is -0.548. The number of pyridine rings is 1. The fourth-order valence-electron chi connectivity index (χ4n) is 1.39. The van der Waals surface area contributed by atoms with Gasteiger partial charge in [-0.1, -0.05) is 36.4 Å². The maximum absolute atomic E-state index is 11.4. The summed E-state index contributed by atoms with van der Waals surface area (Å²) in [5.74, 6) is 0.00631. The number of amides is 1. The van der Waals surface area contributed by atoms with Crippen LogP contribution in [0.5, 0.6) is 5.88 Å². The Labute approximate surface area is 109 Å². The highest BCUT2D eigenvalue weighted by Crippen LogP contribution is 2.29. The van der Waals surface area contributed by atoms with Crippen LogP contribution in [0.4, 0.5) is 0 Å². The third-order valence-corrected chi connectivity index (χ3v) is 3.19. The Morgan fingerprint density at radius 1 is 1.17 bits per heavy atom. The highest BCUT2D eigenvalue weighted by atomic mass is 32.2. The Balaban J connectivity index is 2.06. The van der Waals surface area contributed by atoms with Crippen molar-refractivity contribution >= 4 is 17.9 Å². The molecule has 0 fully saturated rings. The minimum Gasteiger partial charge on any atom is -0.405 e. The van der Waals surface area contributed by atoms with Crippen LogP contribution in [0.3, 0.4) is 0 Å². The Morgan fingerprint density at radius 3 is 2.50 bits per heavy atom. The normalized spacial score (nSPS) is 11.8. The van der Waals surface area contributed by atoms with Crippen LogP contribution in [0.15, 0.2) is 54.7 Å². The molecule has 0 saturated carbocycles. The monoisotopic (exact) mass is 260 g/mol. The van der Waals surface area contributed by atoms with E-state index in [2.05, 4.69) is 4.98 Å². The van der Waals surface area contributed by atoms with Crippen molar-refractivity contribution in [1.29, 1.82) is 0 Å². The molecule has 2 rings (SSSR count). The first-order chi connectivity index (χ1) is 8.77.